The third-order valence-corrected chi connectivity index (χ3v) is 2.53. The Labute approximate surface area is 89.8 Å². The first-order valence-electron chi connectivity index (χ1n) is 4.66. The highest BCUT2D eigenvalue weighted by Crippen LogP contribution is 2.23. The number of hydrogen-bond acceptors (Lipinski definition) is 2. The Morgan fingerprint density at radius 1 is 1.43 bits per heavy atom. The largest absolute Gasteiger partial charge is 0.297 e. The van der Waals surface area contributed by atoms with Crippen molar-refractivity contribution < 1.29 is 4.79 Å². The molecule has 0 saturated carbocycles. The summed E-state index contributed by atoms with van der Waals surface area (Å²) in [6.07, 6.45) is 6.56. The summed E-state index contributed by atoms with van der Waals surface area (Å²) in [6, 6.07) is 1.87. The highest BCUT2D eigenvalue weighted by molar-refractivity contribution is 7.14. The maximum Gasteiger partial charge on any atom is 0.160 e. The molecule has 0 fully saturated rings. The van der Waals surface area contributed by atoms with E-state index in [4.69, 9.17) is 0 Å². The first-order valence-corrected chi connectivity index (χ1v) is 5.47. The summed E-state index contributed by atoms with van der Waals surface area (Å²) < 4.78 is 0. The van der Waals surface area contributed by atoms with Gasteiger partial charge in [-0.1, -0.05) is 38.7 Å². The molecule has 0 amide bonds. The standard InChI is InChI=1S/C10H10OS.C2H6/c1-3-5-8-6-9(7-11)12-10(8)4-2;1-2/h3-7H,2H2,1H3;1-2H3/b5-3-;. The maximum absolute atomic E-state index is 10.4. The Morgan fingerprint density at radius 2 is 2.07 bits per heavy atom. The fourth-order valence-electron chi connectivity index (χ4n) is 0.967. The molecule has 0 atom stereocenters. The van der Waals surface area contributed by atoms with Crippen molar-refractivity contribution in [2.75, 3.05) is 0 Å². The Bertz CT molecular complexity index is 321. The first-order chi connectivity index (χ1) is 6.81. The minimum absolute atomic E-state index is 0.748. The van der Waals surface area contributed by atoms with E-state index in [1.54, 1.807) is 6.08 Å². The highest BCUT2D eigenvalue weighted by atomic mass is 32.1. The van der Waals surface area contributed by atoms with E-state index in [0.29, 0.717) is 0 Å². The van der Waals surface area contributed by atoms with Gasteiger partial charge in [0, 0.05) is 4.88 Å². The van der Waals surface area contributed by atoms with Gasteiger partial charge >= 0.3 is 0 Å². The van der Waals surface area contributed by atoms with E-state index in [2.05, 4.69) is 6.58 Å². The lowest BCUT2D eigenvalue weighted by Gasteiger charge is -1.86. The van der Waals surface area contributed by atoms with Crippen LogP contribution in [0.4, 0.5) is 0 Å². The van der Waals surface area contributed by atoms with Crippen LogP contribution in [-0.4, -0.2) is 6.29 Å². The van der Waals surface area contributed by atoms with E-state index >= 15 is 0 Å². The average molecular weight is 208 g/mol. The van der Waals surface area contributed by atoms with E-state index in [9.17, 15) is 4.79 Å². The summed E-state index contributed by atoms with van der Waals surface area (Å²) in [7, 11) is 0. The van der Waals surface area contributed by atoms with Crippen LogP contribution in [0, 0.1) is 0 Å². The van der Waals surface area contributed by atoms with Crippen molar-refractivity contribution in [2.45, 2.75) is 20.8 Å². The lowest BCUT2D eigenvalue weighted by atomic mass is 10.2. The Balaban J connectivity index is 0.000000791. The highest BCUT2D eigenvalue weighted by Gasteiger charge is 2.01. The van der Waals surface area contributed by atoms with Crippen molar-refractivity contribution in [3.05, 3.63) is 34.0 Å². The van der Waals surface area contributed by atoms with Gasteiger partial charge in [0.25, 0.3) is 0 Å². The van der Waals surface area contributed by atoms with Crippen LogP contribution in [0.2, 0.25) is 0 Å². The van der Waals surface area contributed by atoms with Crippen LogP contribution < -0.4 is 0 Å². The van der Waals surface area contributed by atoms with Crippen LogP contribution in [0.15, 0.2) is 18.7 Å². The molecule has 76 valence electrons. The van der Waals surface area contributed by atoms with Crippen molar-refractivity contribution in [1.29, 1.82) is 0 Å². The van der Waals surface area contributed by atoms with E-state index in [1.807, 2.05) is 39.0 Å². The molecule has 0 aliphatic rings. The minimum atomic E-state index is 0.748. The van der Waals surface area contributed by atoms with Crippen LogP contribution in [0.1, 0.15) is 40.9 Å². The van der Waals surface area contributed by atoms with Crippen LogP contribution in [-0.2, 0) is 0 Å². The molecular formula is C12H16OS. The molecule has 2 heteroatoms. The molecule has 0 bridgehead atoms. The Hall–Kier alpha value is -1.15. The Morgan fingerprint density at radius 3 is 2.50 bits per heavy atom. The second kappa shape index (κ2) is 7.27. The van der Waals surface area contributed by atoms with Crippen LogP contribution >= 0.6 is 11.3 Å². The topological polar surface area (TPSA) is 17.1 Å². The van der Waals surface area contributed by atoms with Gasteiger partial charge in [-0.2, -0.15) is 0 Å². The third kappa shape index (κ3) is 3.30. The molecule has 0 saturated heterocycles. The van der Waals surface area contributed by atoms with Crippen LogP contribution in [0.5, 0.6) is 0 Å². The van der Waals surface area contributed by atoms with E-state index < -0.39 is 0 Å². The van der Waals surface area contributed by atoms with Gasteiger partial charge in [-0.15, -0.1) is 11.3 Å². The van der Waals surface area contributed by atoms with Gasteiger partial charge < -0.3 is 0 Å². The molecule has 0 aliphatic carbocycles. The molecule has 0 N–H and O–H groups in total. The number of hydrogen-bond donors (Lipinski definition) is 0. The van der Waals surface area contributed by atoms with Crippen molar-refractivity contribution in [3.8, 4) is 0 Å². The molecule has 0 aromatic carbocycles. The molecule has 1 aromatic rings. The summed E-state index contributed by atoms with van der Waals surface area (Å²) >= 11 is 1.46. The maximum atomic E-state index is 10.4. The molecule has 1 aromatic heterocycles. The van der Waals surface area contributed by atoms with Gasteiger partial charge in [-0.3, -0.25) is 4.79 Å². The number of allylic oxidation sites excluding steroid dienone is 1. The number of rotatable bonds is 3. The van der Waals surface area contributed by atoms with Gasteiger partial charge in [0.05, 0.1) is 4.88 Å². The van der Waals surface area contributed by atoms with Gasteiger partial charge in [0.1, 0.15) is 0 Å². The predicted octanol–water partition coefficient (Wildman–Crippen LogP) is 4.26. The molecule has 1 heterocycles. The smallest absolute Gasteiger partial charge is 0.160 e. The second-order valence-electron chi connectivity index (χ2n) is 2.29. The number of thiophene rings is 1. The van der Waals surface area contributed by atoms with Gasteiger partial charge in [0.15, 0.2) is 6.29 Å². The second-order valence-corrected chi connectivity index (χ2v) is 3.41. The van der Waals surface area contributed by atoms with Crippen molar-refractivity contribution >= 4 is 29.8 Å². The van der Waals surface area contributed by atoms with E-state index in [0.717, 1.165) is 21.6 Å². The first kappa shape index (κ1) is 12.8. The fraction of sp³-hybridized carbons (Fsp3) is 0.250. The van der Waals surface area contributed by atoms with Gasteiger partial charge in [0.2, 0.25) is 0 Å². The quantitative estimate of drug-likeness (QED) is 0.678. The monoisotopic (exact) mass is 208 g/mol. The number of carbonyl (C=O) groups is 1. The van der Waals surface area contributed by atoms with Gasteiger partial charge in [-0.05, 0) is 18.6 Å². The third-order valence-electron chi connectivity index (χ3n) is 1.46. The fourth-order valence-corrected chi connectivity index (χ4v) is 1.78. The SMILES string of the molecule is C=Cc1sc(C=O)cc1/C=C\C.CC. The summed E-state index contributed by atoms with van der Waals surface area (Å²) in [5.41, 5.74) is 1.07. The molecule has 0 aliphatic heterocycles. The lowest BCUT2D eigenvalue weighted by Crippen LogP contribution is -1.67. The van der Waals surface area contributed by atoms with E-state index in [-0.39, 0.29) is 0 Å². The van der Waals surface area contributed by atoms with Gasteiger partial charge in [-0.25, -0.2) is 0 Å². The molecule has 1 nitrogen and oxygen atoms in total. The zero-order valence-corrected chi connectivity index (χ0v) is 9.73. The number of aldehydes is 1. The lowest BCUT2D eigenvalue weighted by molar-refractivity contribution is 0.112. The molecule has 0 unspecified atom stereocenters. The van der Waals surface area contributed by atoms with Crippen molar-refractivity contribution in [1.82, 2.24) is 0 Å². The van der Waals surface area contributed by atoms with Crippen molar-refractivity contribution in [3.63, 3.8) is 0 Å². The summed E-state index contributed by atoms with van der Waals surface area (Å²) in [4.78, 5) is 12.2. The minimum Gasteiger partial charge on any atom is -0.297 e. The van der Waals surface area contributed by atoms with E-state index in [1.165, 1.54) is 11.3 Å². The zero-order valence-electron chi connectivity index (χ0n) is 8.91. The van der Waals surface area contributed by atoms with Crippen LogP contribution in [0.25, 0.3) is 12.2 Å². The summed E-state index contributed by atoms with van der Waals surface area (Å²) in [5.74, 6) is 0. The molecule has 1 rings (SSSR count). The molecule has 0 spiro atoms. The zero-order chi connectivity index (χ0) is 11.0. The number of carbonyl (C=O) groups excluding carboxylic acids is 1. The average Bonchev–Trinajstić information content (AvgIpc) is 2.64. The molecular weight excluding hydrogens is 192 g/mol. The molecule has 14 heavy (non-hydrogen) atoms. The normalized spacial score (nSPS) is 9.36. The summed E-state index contributed by atoms with van der Waals surface area (Å²) in [6.45, 7) is 9.63. The Kier molecular flexibility index (Phi) is 6.68. The van der Waals surface area contributed by atoms with Crippen LogP contribution in [0.3, 0.4) is 0 Å². The van der Waals surface area contributed by atoms with Crippen molar-refractivity contribution in [2.24, 2.45) is 0 Å². The predicted molar refractivity (Wildman–Crippen MR) is 65.9 cm³/mol. The molecule has 0 radical (unpaired) electrons. The summed E-state index contributed by atoms with van der Waals surface area (Å²) in [5, 5.41) is 0.